The van der Waals surface area contributed by atoms with Crippen molar-refractivity contribution in [1.29, 1.82) is 0 Å². The van der Waals surface area contributed by atoms with E-state index in [9.17, 15) is 10.2 Å². The van der Waals surface area contributed by atoms with E-state index in [1.54, 1.807) is 0 Å². The summed E-state index contributed by atoms with van der Waals surface area (Å²) in [6.45, 7) is 0.723. The van der Waals surface area contributed by atoms with Crippen LogP contribution in [0.25, 0.3) is 0 Å². The number of halogens is 1. The minimum absolute atomic E-state index is 0.315. The highest BCUT2D eigenvalue weighted by molar-refractivity contribution is 6.17. The first-order chi connectivity index (χ1) is 5.75. The SMILES string of the molecule is O[C@@H]1[C@H](OCCCl)OCC[C@H]1O. The van der Waals surface area contributed by atoms with E-state index in [-0.39, 0.29) is 0 Å². The van der Waals surface area contributed by atoms with Crippen LogP contribution < -0.4 is 0 Å². The lowest BCUT2D eigenvalue weighted by Gasteiger charge is -2.31. The van der Waals surface area contributed by atoms with Crippen LogP contribution in [0.4, 0.5) is 0 Å². The van der Waals surface area contributed by atoms with Crippen molar-refractivity contribution in [2.45, 2.75) is 24.9 Å². The average molecular weight is 197 g/mol. The van der Waals surface area contributed by atoms with Crippen molar-refractivity contribution >= 4 is 11.6 Å². The maximum atomic E-state index is 9.32. The Morgan fingerprint density at radius 3 is 2.92 bits per heavy atom. The lowest BCUT2D eigenvalue weighted by atomic mass is 10.1. The molecule has 0 saturated carbocycles. The molecule has 1 aliphatic heterocycles. The Labute approximate surface area is 76.0 Å². The molecule has 5 heteroatoms. The molecule has 0 bridgehead atoms. The van der Waals surface area contributed by atoms with Crippen LogP contribution in [0.5, 0.6) is 0 Å². The molecule has 3 atom stereocenters. The highest BCUT2D eigenvalue weighted by Crippen LogP contribution is 2.15. The first kappa shape index (κ1) is 10.2. The van der Waals surface area contributed by atoms with Gasteiger partial charge < -0.3 is 19.7 Å². The van der Waals surface area contributed by atoms with Gasteiger partial charge in [-0.25, -0.2) is 0 Å². The average Bonchev–Trinajstić information content (AvgIpc) is 2.08. The van der Waals surface area contributed by atoms with E-state index in [0.29, 0.717) is 25.5 Å². The molecule has 72 valence electrons. The van der Waals surface area contributed by atoms with Crippen LogP contribution in [0.1, 0.15) is 6.42 Å². The fourth-order valence-corrected chi connectivity index (χ4v) is 1.15. The van der Waals surface area contributed by atoms with E-state index in [4.69, 9.17) is 21.1 Å². The molecule has 0 aromatic heterocycles. The van der Waals surface area contributed by atoms with E-state index >= 15 is 0 Å². The lowest BCUT2D eigenvalue weighted by molar-refractivity contribution is -0.240. The standard InChI is InChI=1S/C7H13ClO4/c8-2-4-12-7-6(10)5(9)1-3-11-7/h5-7,9-10H,1-4H2/t5-,6+,7+/m1/s1. The fraction of sp³-hybridized carbons (Fsp3) is 1.00. The van der Waals surface area contributed by atoms with Gasteiger partial charge in [0, 0.05) is 5.88 Å². The Morgan fingerprint density at radius 2 is 2.25 bits per heavy atom. The number of ether oxygens (including phenoxy) is 2. The van der Waals surface area contributed by atoms with Gasteiger partial charge in [-0.05, 0) is 6.42 Å². The zero-order valence-electron chi connectivity index (χ0n) is 6.65. The predicted molar refractivity (Wildman–Crippen MR) is 43.0 cm³/mol. The first-order valence-corrected chi connectivity index (χ1v) is 4.44. The topological polar surface area (TPSA) is 58.9 Å². The molecule has 0 amide bonds. The van der Waals surface area contributed by atoms with Gasteiger partial charge in [0.25, 0.3) is 0 Å². The van der Waals surface area contributed by atoms with Crippen LogP contribution in [0.3, 0.4) is 0 Å². The smallest absolute Gasteiger partial charge is 0.185 e. The second-order valence-corrected chi connectivity index (χ2v) is 3.02. The summed E-state index contributed by atoms with van der Waals surface area (Å²) in [5.41, 5.74) is 0. The summed E-state index contributed by atoms with van der Waals surface area (Å²) < 4.78 is 10.1. The summed E-state index contributed by atoms with van der Waals surface area (Å²) in [4.78, 5) is 0. The zero-order valence-corrected chi connectivity index (χ0v) is 7.41. The molecule has 1 heterocycles. The molecule has 1 fully saturated rings. The van der Waals surface area contributed by atoms with Crippen molar-refractivity contribution in [3.63, 3.8) is 0 Å². The van der Waals surface area contributed by atoms with Crippen LogP contribution >= 0.6 is 11.6 Å². The number of hydrogen-bond donors (Lipinski definition) is 2. The molecule has 2 N–H and O–H groups in total. The third-order valence-electron chi connectivity index (χ3n) is 1.73. The summed E-state index contributed by atoms with van der Waals surface area (Å²) in [5.74, 6) is 0.350. The number of rotatable bonds is 3. The maximum Gasteiger partial charge on any atom is 0.185 e. The van der Waals surface area contributed by atoms with E-state index in [2.05, 4.69) is 0 Å². The van der Waals surface area contributed by atoms with Gasteiger partial charge >= 0.3 is 0 Å². The van der Waals surface area contributed by atoms with Crippen molar-refractivity contribution in [2.75, 3.05) is 19.1 Å². The number of aliphatic hydroxyl groups is 2. The molecule has 4 nitrogen and oxygen atoms in total. The van der Waals surface area contributed by atoms with E-state index in [1.807, 2.05) is 0 Å². The Balaban J connectivity index is 2.30. The van der Waals surface area contributed by atoms with Gasteiger partial charge in [0.15, 0.2) is 6.29 Å². The van der Waals surface area contributed by atoms with Gasteiger partial charge in [-0.2, -0.15) is 0 Å². The Morgan fingerprint density at radius 1 is 1.50 bits per heavy atom. The fourth-order valence-electron chi connectivity index (χ4n) is 1.06. The molecule has 0 unspecified atom stereocenters. The molecule has 1 aliphatic rings. The Kier molecular flexibility index (Phi) is 4.25. The van der Waals surface area contributed by atoms with Gasteiger partial charge in [-0.1, -0.05) is 0 Å². The molecule has 1 rings (SSSR count). The molecule has 0 aliphatic carbocycles. The summed E-state index contributed by atoms with van der Waals surface area (Å²) in [6, 6.07) is 0. The predicted octanol–water partition coefficient (Wildman–Crippen LogP) is -0.290. The monoisotopic (exact) mass is 196 g/mol. The molecule has 0 aromatic carbocycles. The van der Waals surface area contributed by atoms with Gasteiger partial charge in [-0.3, -0.25) is 0 Å². The molecule has 12 heavy (non-hydrogen) atoms. The van der Waals surface area contributed by atoms with Crippen molar-refractivity contribution < 1.29 is 19.7 Å². The summed E-state index contributed by atoms with van der Waals surface area (Å²) in [5, 5.41) is 18.5. The minimum Gasteiger partial charge on any atom is -0.390 e. The minimum atomic E-state index is -0.957. The van der Waals surface area contributed by atoms with Crippen LogP contribution in [-0.4, -0.2) is 47.8 Å². The second-order valence-electron chi connectivity index (χ2n) is 2.65. The van der Waals surface area contributed by atoms with Crippen molar-refractivity contribution in [1.82, 2.24) is 0 Å². The highest BCUT2D eigenvalue weighted by atomic mass is 35.5. The van der Waals surface area contributed by atoms with Crippen LogP contribution in [0.15, 0.2) is 0 Å². The van der Waals surface area contributed by atoms with Gasteiger partial charge in [0.2, 0.25) is 0 Å². The third kappa shape index (κ3) is 2.57. The molecule has 0 spiro atoms. The van der Waals surface area contributed by atoms with E-state index < -0.39 is 18.5 Å². The van der Waals surface area contributed by atoms with Crippen molar-refractivity contribution in [2.24, 2.45) is 0 Å². The second kappa shape index (κ2) is 4.99. The molecule has 0 radical (unpaired) electrons. The van der Waals surface area contributed by atoms with Crippen molar-refractivity contribution in [3.05, 3.63) is 0 Å². The Bertz CT molecular complexity index is 133. The molecule has 0 aromatic rings. The van der Waals surface area contributed by atoms with E-state index in [0.717, 1.165) is 0 Å². The Hall–Kier alpha value is 0.130. The van der Waals surface area contributed by atoms with Gasteiger partial charge in [0.05, 0.1) is 19.3 Å². The largest absolute Gasteiger partial charge is 0.390 e. The quantitative estimate of drug-likeness (QED) is 0.609. The molecular formula is C7H13ClO4. The zero-order chi connectivity index (χ0) is 8.97. The summed E-state index contributed by atoms with van der Waals surface area (Å²) >= 11 is 5.38. The number of hydrogen-bond acceptors (Lipinski definition) is 4. The van der Waals surface area contributed by atoms with Crippen LogP contribution in [0.2, 0.25) is 0 Å². The van der Waals surface area contributed by atoms with Gasteiger partial charge in [0.1, 0.15) is 6.10 Å². The van der Waals surface area contributed by atoms with E-state index in [1.165, 1.54) is 0 Å². The maximum absolute atomic E-state index is 9.32. The lowest BCUT2D eigenvalue weighted by Crippen LogP contribution is -2.46. The number of alkyl halides is 1. The molecule has 1 saturated heterocycles. The van der Waals surface area contributed by atoms with Gasteiger partial charge in [-0.15, -0.1) is 11.6 Å². The van der Waals surface area contributed by atoms with Crippen molar-refractivity contribution in [3.8, 4) is 0 Å². The normalized spacial score (nSPS) is 36.8. The molecular weight excluding hydrogens is 184 g/mol. The summed E-state index contributed by atoms with van der Waals surface area (Å²) in [7, 11) is 0. The first-order valence-electron chi connectivity index (χ1n) is 3.91. The van der Waals surface area contributed by atoms with Crippen LogP contribution in [-0.2, 0) is 9.47 Å². The number of aliphatic hydroxyl groups excluding tert-OH is 2. The van der Waals surface area contributed by atoms with Crippen LogP contribution in [0, 0.1) is 0 Å². The highest BCUT2D eigenvalue weighted by Gasteiger charge is 2.31. The third-order valence-corrected chi connectivity index (χ3v) is 1.88. The summed E-state index contributed by atoms with van der Waals surface area (Å²) in [6.07, 6.45) is -1.99.